The van der Waals surface area contributed by atoms with Gasteiger partial charge in [-0.3, -0.25) is 9.69 Å². The standard InChI is InChI=1S/C17H23FN2O2.C2HF3O2/c1-22-11-15-16(21)19-12-17(15)6-8-20(9-7-17)10-13-2-4-14(18)5-3-13;3-2(4,5)1(6)7/h2-5,15H,6-12H2,1H3,(H,19,21);(H,6,7). The highest BCUT2D eigenvalue weighted by Gasteiger charge is 2.49. The number of piperidine rings is 1. The summed E-state index contributed by atoms with van der Waals surface area (Å²) in [5, 5.41) is 10.1. The van der Waals surface area contributed by atoms with Gasteiger partial charge in [-0.15, -0.1) is 0 Å². The molecule has 1 spiro atoms. The number of carbonyl (C=O) groups excluding carboxylic acids is 1. The quantitative estimate of drug-likeness (QED) is 0.732. The highest BCUT2D eigenvalue weighted by atomic mass is 19.4. The predicted molar refractivity (Wildman–Crippen MR) is 95.4 cm³/mol. The van der Waals surface area contributed by atoms with Crippen molar-refractivity contribution in [1.29, 1.82) is 0 Å². The summed E-state index contributed by atoms with van der Waals surface area (Å²) >= 11 is 0. The number of nitrogens with one attached hydrogen (secondary N) is 1. The summed E-state index contributed by atoms with van der Waals surface area (Å²) in [6, 6.07) is 6.70. The zero-order valence-electron chi connectivity index (χ0n) is 16.0. The number of rotatable bonds is 4. The van der Waals surface area contributed by atoms with E-state index in [1.165, 1.54) is 12.1 Å². The number of aliphatic carboxylic acids is 1. The number of benzene rings is 1. The van der Waals surface area contributed by atoms with E-state index in [4.69, 9.17) is 14.6 Å². The van der Waals surface area contributed by atoms with E-state index in [-0.39, 0.29) is 23.1 Å². The van der Waals surface area contributed by atoms with E-state index in [1.807, 2.05) is 12.1 Å². The number of carbonyl (C=O) groups is 2. The van der Waals surface area contributed by atoms with Crippen LogP contribution >= 0.6 is 0 Å². The van der Waals surface area contributed by atoms with Crippen molar-refractivity contribution in [2.24, 2.45) is 11.3 Å². The zero-order valence-corrected chi connectivity index (χ0v) is 16.0. The summed E-state index contributed by atoms with van der Waals surface area (Å²) in [6.07, 6.45) is -3.08. The molecule has 2 fully saturated rings. The molecule has 0 aliphatic carbocycles. The molecule has 10 heteroatoms. The first-order valence-electron chi connectivity index (χ1n) is 9.11. The van der Waals surface area contributed by atoms with E-state index in [2.05, 4.69) is 10.2 Å². The van der Waals surface area contributed by atoms with E-state index >= 15 is 0 Å². The summed E-state index contributed by atoms with van der Waals surface area (Å²) in [5.74, 6) is -2.84. The third-order valence-electron chi connectivity index (χ3n) is 5.42. The van der Waals surface area contributed by atoms with Crippen molar-refractivity contribution >= 4 is 11.9 Å². The van der Waals surface area contributed by atoms with Gasteiger partial charge in [0.05, 0.1) is 12.5 Å². The van der Waals surface area contributed by atoms with Crippen LogP contribution in [0.2, 0.25) is 0 Å². The Morgan fingerprint density at radius 3 is 2.31 bits per heavy atom. The van der Waals surface area contributed by atoms with E-state index < -0.39 is 12.1 Å². The van der Waals surface area contributed by atoms with Crippen LogP contribution in [0.5, 0.6) is 0 Å². The molecule has 2 heterocycles. The molecule has 162 valence electrons. The summed E-state index contributed by atoms with van der Waals surface area (Å²) in [6.45, 7) is 4.04. The zero-order chi connectivity index (χ0) is 21.7. The fourth-order valence-corrected chi connectivity index (χ4v) is 3.74. The monoisotopic (exact) mass is 420 g/mol. The topological polar surface area (TPSA) is 78.9 Å². The van der Waals surface area contributed by atoms with Crippen LogP contribution < -0.4 is 5.32 Å². The van der Waals surface area contributed by atoms with Gasteiger partial charge in [-0.2, -0.15) is 13.2 Å². The average Bonchev–Trinajstić information content (AvgIpc) is 2.95. The number of amides is 1. The van der Waals surface area contributed by atoms with Crippen LogP contribution in [-0.4, -0.2) is 61.4 Å². The van der Waals surface area contributed by atoms with Crippen molar-refractivity contribution < 1.29 is 37.0 Å². The van der Waals surface area contributed by atoms with Crippen molar-refractivity contribution in [3.05, 3.63) is 35.6 Å². The highest BCUT2D eigenvalue weighted by Crippen LogP contribution is 2.42. The van der Waals surface area contributed by atoms with E-state index in [9.17, 15) is 22.4 Å². The molecular formula is C19H24F4N2O4. The lowest BCUT2D eigenvalue weighted by molar-refractivity contribution is -0.192. The molecule has 1 aromatic rings. The van der Waals surface area contributed by atoms with Crippen LogP contribution in [0.25, 0.3) is 0 Å². The molecule has 2 aliphatic rings. The van der Waals surface area contributed by atoms with Gasteiger partial charge in [0.25, 0.3) is 0 Å². The number of carboxylic acid groups (broad SMARTS) is 1. The molecule has 0 aromatic heterocycles. The Balaban J connectivity index is 0.000000370. The van der Waals surface area contributed by atoms with Crippen molar-refractivity contribution in [1.82, 2.24) is 10.2 Å². The maximum absolute atomic E-state index is 13.0. The Morgan fingerprint density at radius 1 is 1.28 bits per heavy atom. The lowest BCUT2D eigenvalue weighted by Gasteiger charge is -2.41. The predicted octanol–water partition coefficient (Wildman–Crippen LogP) is 2.43. The summed E-state index contributed by atoms with van der Waals surface area (Å²) in [4.78, 5) is 23.3. The number of ether oxygens (including phenoxy) is 1. The molecule has 0 saturated carbocycles. The smallest absolute Gasteiger partial charge is 0.475 e. The normalized spacial score (nSPS) is 21.4. The Labute approximate surface area is 165 Å². The maximum Gasteiger partial charge on any atom is 0.490 e. The van der Waals surface area contributed by atoms with Crippen LogP contribution in [0.1, 0.15) is 18.4 Å². The number of likely N-dealkylation sites (tertiary alicyclic amines) is 1. The molecule has 2 aliphatic heterocycles. The minimum atomic E-state index is -5.08. The number of methoxy groups -OCH3 is 1. The fraction of sp³-hybridized carbons (Fsp3) is 0.579. The summed E-state index contributed by atoms with van der Waals surface area (Å²) in [5.41, 5.74) is 1.18. The first-order valence-corrected chi connectivity index (χ1v) is 9.11. The molecular weight excluding hydrogens is 396 g/mol. The van der Waals surface area contributed by atoms with Gasteiger partial charge in [0.2, 0.25) is 5.91 Å². The SMILES string of the molecule is COCC1C(=O)NCC12CCN(Cc1ccc(F)cc1)CC2.O=C(O)C(F)(F)F. The van der Waals surface area contributed by atoms with Gasteiger partial charge in [0.15, 0.2) is 0 Å². The summed E-state index contributed by atoms with van der Waals surface area (Å²) < 4.78 is 49.9. The Bertz CT molecular complexity index is 701. The van der Waals surface area contributed by atoms with E-state index in [0.29, 0.717) is 6.61 Å². The van der Waals surface area contributed by atoms with Gasteiger partial charge in [-0.05, 0) is 43.6 Å². The molecule has 1 aromatic carbocycles. The second-order valence-electron chi connectivity index (χ2n) is 7.29. The fourth-order valence-electron chi connectivity index (χ4n) is 3.74. The third kappa shape index (κ3) is 6.14. The van der Waals surface area contributed by atoms with Crippen molar-refractivity contribution in [3.63, 3.8) is 0 Å². The first kappa shape index (κ1) is 23.1. The average molecular weight is 420 g/mol. The molecule has 1 atom stereocenters. The molecule has 3 rings (SSSR count). The maximum atomic E-state index is 13.0. The van der Waals surface area contributed by atoms with Crippen LogP contribution in [0.3, 0.4) is 0 Å². The second-order valence-corrected chi connectivity index (χ2v) is 7.29. The second kappa shape index (κ2) is 9.53. The first-order chi connectivity index (χ1) is 13.6. The number of hydrogen-bond acceptors (Lipinski definition) is 4. The Hall–Kier alpha value is -2.20. The molecule has 0 bridgehead atoms. The van der Waals surface area contributed by atoms with Gasteiger partial charge in [0, 0.05) is 25.6 Å². The molecule has 2 saturated heterocycles. The van der Waals surface area contributed by atoms with Gasteiger partial charge in [0.1, 0.15) is 5.82 Å². The molecule has 29 heavy (non-hydrogen) atoms. The molecule has 1 amide bonds. The highest BCUT2D eigenvalue weighted by molar-refractivity contribution is 5.82. The molecule has 6 nitrogen and oxygen atoms in total. The minimum Gasteiger partial charge on any atom is -0.475 e. The van der Waals surface area contributed by atoms with Crippen molar-refractivity contribution in [2.75, 3.05) is 33.4 Å². The lowest BCUT2D eigenvalue weighted by Crippen LogP contribution is -2.45. The number of nitrogens with zero attached hydrogens (tertiary/aromatic N) is 1. The number of hydrogen-bond donors (Lipinski definition) is 2. The van der Waals surface area contributed by atoms with Crippen LogP contribution in [0.4, 0.5) is 17.6 Å². The molecule has 2 N–H and O–H groups in total. The number of carboxylic acids is 1. The lowest BCUT2D eigenvalue weighted by atomic mass is 9.71. The van der Waals surface area contributed by atoms with Crippen molar-refractivity contribution in [3.8, 4) is 0 Å². The Morgan fingerprint density at radius 2 is 1.83 bits per heavy atom. The van der Waals surface area contributed by atoms with Crippen LogP contribution in [-0.2, 0) is 20.9 Å². The van der Waals surface area contributed by atoms with E-state index in [1.54, 1.807) is 7.11 Å². The molecule has 0 radical (unpaired) electrons. The van der Waals surface area contributed by atoms with Gasteiger partial charge in [-0.1, -0.05) is 12.1 Å². The Kier molecular flexibility index (Phi) is 7.59. The van der Waals surface area contributed by atoms with Gasteiger partial charge < -0.3 is 15.2 Å². The van der Waals surface area contributed by atoms with Crippen LogP contribution in [0, 0.1) is 17.2 Å². The molecule has 1 unspecified atom stereocenters. The summed E-state index contributed by atoms with van der Waals surface area (Å²) in [7, 11) is 1.66. The third-order valence-corrected chi connectivity index (χ3v) is 5.42. The van der Waals surface area contributed by atoms with E-state index in [0.717, 1.165) is 44.6 Å². The number of halogens is 4. The van der Waals surface area contributed by atoms with Crippen LogP contribution in [0.15, 0.2) is 24.3 Å². The number of alkyl halides is 3. The van der Waals surface area contributed by atoms with Gasteiger partial charge >= 0.3 is 12.1 Å². The van der Waals surface area contributed by atoms with Crippen molar-refractivity contribution in [2.45, 2.75) is 25.6 Å². The largest absolute Gasteiger partial charge is 0.490 e. The van der Waals surface area contributed by atoms with Gasteiger partial charge in [-0.25, -0.2) is 9.18 Å². The minimum absolute atomic E-state index is 0.0227.